The summed E-state index contributed by atoms with van der Waals surface area (Å²) in [6.07, 6.45) is 0.351. The molecule has 0 aliphatic rings. The highest BCUT2D eigenvalue weighted by molar-refractivity contribution is 5.93. The number of amides is 2. The van der Waals surface area contributed by atoms with Gasteiger partial charge in [0.2, 0.25) is 5.91 Å². The van der Waals surface area contributed by atoms with Crippen LogP contribution >= 0.6 is 0 Å². The molecule has 0 atom stereocenters. The zero-order valence-corrected chi connectivity index (χ0v) is 8.89. The molecule has 0 saturated heterocycles. The molecular weight excluding hydrogens is 182 g/mol. The van der Waals surface area contributed by atoms with Crippen LogP contribution in [0.1, 0.15) is 13.3 Å². The first-order valence-corrected chi connectivity index (χ1v) is 4.33. The fraction of sp³-hybridized carbons (Fsp3) is 0.556. The molecule has 0 rings (SSSR count). The average Bonchev–Trinajstić information content (AvgIpc) is 2.10. The second-order valence-electron chi connectivity index (χ2n) is 3.34. The standard InChI is InChI=1S/C9H17N3O2/c1-7(2)9(14)11-10-8(13)5-6-12(3)4/h1,5-6H2,2-4H3,(H,10,13)(H,11,14). The SMILES string of the molecule is C=C(C)C(=O)NNC(=O)CCN(C)C. The Labute approximate surface area is 84.1 Å². The van der Waals surface area contributed by atoms with E-state index >= 15 is 0 Å². The maximum absolute atomic E-state index is 11.1. The molecule has 80 valence electrons. The average molecular weight is 199 g/mol. The van der Waals surface area contributed by atoms with E-state index in [1.165, 1.54) is 0 Å². The number of hydrogen-bond acceptors (Lipinski definition) is 3. The summed E-state index contributed by atoms with van der Waals surface area (Å²) in [7, 11) is 3.75. The Morgan fingerprint density at radius 1 is 1.29 bits per heavy atom. The van der Waals surface area contributed by atoms with Gasteiger partial charge >= 0.3 is 0 Å². The molecule has 0 bridgehead atoms. The van der Waals surface area contributed by atoms with Crippen LogP contribution < -0.4 is 10.9 Å². The molecule has 0 fully saturated rings. The van der Waals surface area contributed by atoms with Crippen LogP contribution in [-0.2, 0) is 9.59 Å². The Hall–Kier alpha value is -1.36. The van der Waals surface area contributed by atoms with Gasteiger partial charge in [-0.3, -0.25) is 20.4 Å². The lowest BCUT2D eigenvalue weighted by Crippen LogP contribution is -2.42. The minimum absolute atomic E-state index is 0.215. The van der Waals surface area contributed by atoms with Crippen LogP contribution in [0.15, 0.2) is 12.2 Å². The molecule has 14 heavy (non-hydrogen) atoms. The van der Waals surface area contributed by atoms with Gasteiger partial charge in [-0.1, -0.05) is 6.58 Å². The van der Waals surface area contributed by atoms with Crippen LogP contribution in [0.4, 0.5) is 0 Å². The van der Waals surface area contributed by atoms with Gasteiger partial charge in [0.05, 0.1) is 0 Å². The minimum Gasteiger partial charge on any atom is -0.309 e. The lowest BCUT2D eigenvalue weighted by molar-refractivity contribution is -0.127. The maximum atomic E-state index is 11.1. The minimum atomic E-state index is -0.372. The molecule has 5 heteroatoms. The molecule has 0 aliphatic carbocycles. The summed E-state index contributed by atoms with van der Waals surface area (Å²) < 4.78 is 0. The Kier molecular flexibility index (Phi) is 5.55. The zero-order valence-electron chi connectivity index (χ0n) is 8.89. The van der Waals surface area contributed by atoms with Crippen LogP contribution in [0.3, 0.4) is 0 Å². The Morgan fingerprint density at radius 3 is 2.29 bits per heavy atom. The molecule has 0 radical (unpaired) electrons. The van der Waals surface area contributed by atoms with Crippen LogP contribution in [0.2, 0.25) is 0 Å². The van der Waals surface area contributed by atoms with Crippen molar-refractivity contribution < 1.29 is 9.59 Å². The summed E-state index contributed by atoms with van der Waals surface area (Å²) in [6, 6.07) is 0. The zero-order chi connectivity index (χ0) is 11.1. The van der Waals surface area contributed by atoms with E-state index in [1.807, 2.05) is 19.0 Å². The second kappa shape index (κ2) is 6.15. The largest absolute Gasteiger partial charge is 0.309 e. The molecule has 2 amide bonds. The molecule has 0 saturated carbocycles. The van der Waals surface area contributed by atoms with Crippen molar-refractivity contribution in [2.45, 2.75) is 13.3 Å². The third-order valence-electron chi connectivity index (χ3n) is 1.49. The van der Waals surface area contributed by atoms with Gasteiger partial charge in [-0.25, -0.2) is 0 Å². The van der Waals surface area contributed by atoms with Crippen molar-refractivity contribution in [2.24, 2.45) is 0 Å². The van der Waals surface area contributed by atoms with E-state index in [4.69, 9.17) is 0 Å². The van der Waals surface area contributed by atoms with Gasteiger partial charge in [0.25, 0.3) is 5.91 Å². The summed E-state index contributed by atoms with van der Waals surface area (Å²) in [5, 5.41) is 0. The van der Waals surface area contributed by atoms with Gasteiger partial charge in [0.15, 0.2) is 0 Å². The number of hydrazine groups is 1. The van der Waals surface area contributed by atoms with E-state index in [2.05, 4.69) is 17.4 Å². The summed E-state index contributed by atoms with van der Waals surface area (Å²) in [5.41, 5.74) is 4.90. The fourth-order valence-electron chi connectivity index (χ4n) is 0.621. The first-order chi connectivity index (χ1) is 6.43. The third kappa shape index (κ3) is 6.19. The molecule has 0 unspecified atom stereocenters. The first kappa shape index (κ1) is 12.6. The van der Waals surface area contributed by atoms with Gasteiger partial charge in [-0.15, -0.1) is 0 Å². The molecular formula is C9H17N3O2. The van der Waals surface area contributed by atoms with Crippen molar-refractivity contribution in [3.63, 3.8) is 0 Å². The van der Waals surface area contributed by atoms with Gasteiger partial charge in [0.1, 0.15) is 0 Å². The van der Waals surface area contributed by atoms with Gasteiger partial charge in [-0.2, -0.15) is 0 Å². The summed E-state index contributed by atoms with van der Waals surface area (Å²) in [6.45, 7) is 5.65. The number of carbonyl (C=O) groups excluding carboxylic acids is 2. The van der Waals surface area contributed by atoms with Crippen molar-refractivity contribution >= 4 is 11.8 Å². The predicted molar refractivity (Wildman–Crippen MR) is 54.3 cm³/mol. The van der Waals surface area contributed by atoms with Gasteiger partial charge in [-0.05, 0) is 21.0 Å². The molecule has 0 aromatic carbocycles. The molecule has 5 nitrogen and oxygen atoms in total. The van der Waals surface area contributed by atoms with Crippen LogP contribution in [0.25, 0.3) is 0 Å². The molecule has 0 aliphatic heterocycles. The number of hydrogen-bond donors (Lipinski definition) is 2. The van der Waals surface area contributed by atoms with E-state index in [1.54, 1.807) is 6.92 Å². The Balaban J connectivity index is 3.64. The van der Waals surface area contributed by atoms with E-state index in [-0.39, 0.29) is 11.8 Å². The van der Waals surface area contributed by atoms with Crippen molar-refractivity contribution in [3.05, 3.63) is 12.2 Å². The molecule has 0 aromatic rings. The summed E-state index contributed by atoms with van der Waals surface area (Å²) in [5.74, 6) is -0.587. The van der Waals surface area contributed by atoms with Crippen molar-refractivity contribution in [2.75, 3.05) is 20.6 Å². The van der Waals surface area contributed by atoms with Crippen LogP contribution in [0.5, 0.6) is 0 Å². The fourth-order valence-corrected chi connectivity index (χ4v) is 0.621. The number of carbonyl (C=O) groups is 2. The highest BCUT2D eigenvalue weighted by Crippen LogP contribution is 1.85. The van der Waals surface area contributed by atoms with Crippen LogP contribution in [0, 0.1) is 0 Å². The van der Waals surface area contributed by atoms with E-state index in [0.717, 1.165) is 0 Å². The molecule has 2 N–H and O–H groups in total. The normalized spacial score (nSPS) is 9.71. The molecule has 0 spiro atoms. The maximum Gasteiger partial charge on any atom is 0.264 e. The number of rotatable bonds is 4. The predicted octanol–water partition coefficient (Wildman–Crippen LogP) is -0.338. The summed E-state index contributed by atoms with van der Waals surface area (Å²) in [4.78, 5) is 23.9. The highest BCUT2D eigenvalue weighted by atomic mass is 16.2. The number of nitrogens with zero attached hydrogens (tertiary/aromatic N) is 1. The lowest BCUT2D eigenvalue weighted by Gasteiger charge is -2.10. The summed E-state index contributed by atoms with van der Waals surface area (Å²) >= 11 is 0. The van der Waals surface area contributed by atoms with Crippen LogP contribution in [-0.4, -0.2) is 37.4 Å². The second-order valence-corrected chi connectivity index (χ2v) is 3.34. The van der Waals surface area contributed by atoms with Crippen molar-refractivity contribution in [1.29, 1.82) is 0 Å². The quantitative estimate of drug-likeness (QED) is 0.481. The monoisotopic (exact) mass is 199 g/mol. The molecule has 0 aromatic heterocycles. The smallest absolute Gasteiger partial charge is 0.264 e. The van der Waals surface area contributed by atoms with Gasteiger partial charge < -0.3 is 4.90 Å². The lowest BCUT2D eigenvalue weighted by atomic mass is 10.3. The van der Waals surface area contributed by atoms with Crippen molar-refractivity contribution in [1.82, 2.24) is 15.8 Å². The first-order valence-electron chi connectivity index (χ1n) is 4.33. The Morgan fingerprint density at radius 2 is 1.86 bits per heavy atom. The molecule has 0 heterocycles. The Bertz CT molecular complexity index is 236. The van der Waals surface area contributed by atoms with E-state index in [0.29, 0.717) is 18.5 Å². The number of nitrogens with one attached hydrogen (secondary N) is 2. The topological polar surface area (TPSA) is 61.4 Å². The van der Waals surface area contributed by atoms with Crippen molar-refractivity contribution in [3.8, 4) is 0 Å². The van der Waals surface area contributed by atoms with Gasteiger partial charge in [0, 0.05) is 18.5 Å². The third-order valence-corrected chi connectivity index (χ3v) is 1.49. The van der Waals surface area contributed by atoms with E-state index < -0.39 is 0 Å². The van der Waals surface area contributed by atoms with E-state index in [9.17, 15) is 9.59 Å². The highest BCUT2D eigenvalue weighted by Gasteiger charge is 2.04.